The normalized spacial score (nSPS) is 10.4. The van der Waals surface area contributed by atoms with Crippen molar-refractivity contribution < 1.29 is 9.18 Å². The molecule has 0 fully saturated rings. The van der Waals surface area contributed by atoms with Gasteiger partial charge in [0.05, 0.1) is 10.7 Å². The van der Waals surface area contributed by atoms with E-state index in [9.17, 15) is 9.18 Å². The molecule has 104 valence electrons. The summed E-state index contributed by atoms with van der Waals surface area (Å²) in [5.74, 6) is -0.976. The highest BCUT2D eigenvalue weighted by molar-refractivity contribution is 9.11. The lowest BCUT2D eigenvalue weighted by molar-refractivity contribution is 0.102. The Labute approximate surface area is 136 Å². The number of rotatable bonds is 2. The molecule has 0 saturated carbocycles. The number of carbonyl (C=O) groups is 1. The molecule has 2 aromatic rings. The van der Waals surface area contributed by atoms with Crippen molar-refractivity contribution in [3.63, 3.8) is 0 Å². The lowest BCUT2D eigenvalue weighted by atomic mass is 10.2. The summed E-state index contributed by atoms with van der Waals surface area (Å²) in [5, 5.41) is 2.60. The van der Waals surface area contributed by atoms with Gasteiger partial charge in [-0.15, -0.1) is 0 Å². The van der Waals surface area contributed by atoms with Crippen LogP contribution in [0.15, 0.2) is 39.3 Å². The largest absolute Gasteiger partial charge is 0.399 e. The first-order valence-electron chi connectivity index (χ1n) is 5.39. The van der Waals surface area contributed by atoms with E-state index in [1.54, 1.807) is 12.1 Å². The van der Waals surface area contributed by atoms with Crippen LogP contribution in [-0.2, 0) is 0 Å². The molecule has 20 heavy (non-hydrogen) atoms. The van der Waals surface area contributed by atoms with Crippen molar-refractivity contribution in [1.29, 1.82) is 0 Å². The first kappa shape index (κ1) is 15.3. The lowest BCUT2D eigenvalue weighted by Crippen LogP contribution is -2.13. The van der Waals surface area contributed by atoms with Crippen LogP contribution >= 0.6 is 43.5 Å². The molecular formula is C13H8Br2ClFN2O. The van der Waals surface area contributed by atoms with Gasteiger partial charge in [0.1, 0.15) is 5.82 Å². The second-order valence-electron chi connectivity index (χ2n) is 3.94. The Balaban J connectivity index is 2.30. The SMILES string of the molecule is Nc1cc(Br)c(NC(=O)c2ccc(F)c(Cl)c2)c(Br)c1. The van der Waals surface area contributed by atoms with E-state index in [1.807, 2.05) is 0 Å². The monoisotopic (exact) mass is 420 g/mol. The van der Waals surface area contributed by atoms with Gasteiger partial charge in [-0.05, 0) is 62.2 Å². The summed E-state index contributed by atoms with van der Waals surface area (Å²) in [6.07, 6.45) is 0. The van der Waals surface area contributed by atoms with Crippen molar-refractivity contribution in [2.75, 3.05) is 11.1 Å². The Bertz CT molecular complexity index is 671. The summed E-state index contributed by atoms with van der Waals surface area (Å²) in [7, 11) is 0. The fourth-order valence-electron chi connectivity index (χ4n) is 1.54. The van der Waals surface area contributed by atoms with Gasteiger partial charge in [-0.2, -0.15) is 0 Å². The zero-order valence-corrected chi connectivity index (χ0v) is 13.8. The summed E-state index contributed by atoms with van der Waals surface area (Å²) in [6.45, 7) is 0. The van der Waals surface area contributed by atoms with E-state index in [-0.39, 0.29) is 10.6 Å². The Morgan fingerprint density at radius 2 is 1.80 bits per heavy atom. The minimum atomic E-state index is -0.571. The van der Waals surface area contributed by atoms with Crippen LogP contribution in [0.4, 0.5) is 15.8 Å². The highest BCUT2D eigenvalue weighted by Gasteiger charge is 2.13. The van der Waals surface area contributed by atoms with Crippen LogP contribution in [0.25, 0.3) is 0 Å². The van der Waals surface area contributed by atoms with Gasteiger partial charge in [-0.25, -0.2) is 4.39 Å². The molecule has 0 aliphatic rings. The molecule has 0 aliphatic carbocycles. The van der Waals surface area contributed by atoms with Crippen LogP contribution in [0, 0.1) is 5.82 Å². The number of hydrogen-bond donors (Lipinski definition) is 2. The van der Waals surface area contributed by atoms with Gasteiger partial charge in [-0.1, -0.05) is 11.6 Å². The average molecular weight is 422 g/mol. The highest BCUT2D eigenvalue weighted by atomic mass is 79.9. The van der Waals surface area contributed by atoms with Gasteiger partial charge in [0.15, 0.2) is 0 Å². The predicted molar refractivity (Wildman–Crippen MR) is 85.6 cm³/mol. The molecule has 0 bridgehead atoms. The van der Waals surface area contributed by atoms with Crippen LogP contribution in [0.5, 0.6) is 0 Å². The zero-order valence-electron chi connectivity index (χ0n) is 9.88. The second-order valence-corrected chi connectivity index (χ2v) is 6.06. The van der Waals surface area contributed by atoms with Crippen LogP contribution < -0.4 is 11.1 Å². The third-order valence-electron chi connectivity index (χ3n) is 2.48. The van der Waals surface area contributed by atoms with E-state index in [0.29, 0.717) is 20.3 Å². The molecule has 3 N–H and O–H groups in total. The van der Waals surface area contributed by atoms with Crippen molar-refractivity contribution in [3.8, 4) is 0 Å². The van der Waals surface area contributed by atoms with Gasteiger partial charge < -0.3 is 11.1 Å². The molecule has 0 heterocycles. The van der Waals surface area contributed by atoms with Gasteiger partial charge >= 0.3 is 0 Å². The maximum atomic E-state index is 13.1. The smallest absolute Gasteiger partial charge is 0.255 e. The quantitative estimate of drug-likeness (QED) is 0.681. The number of benzene rings is 2. The molecule has 2 rings (SSSR count). The maximum Gasteiger partial charge on any atom is 0.255 e. The standard InChI is InChI=1S/C13H8Br2ClFN2O/c14-8-4-7(18)5-9(15)12(8)19-13(20)6-1-2-11(17)10(16)3-6/h1-5H,18H2,(H,19,20). The molecular weight excluding hydrogens is 414 g/mol. The minimum Gasteiger partial charge on any atom is -0.399 e. The number of amides is 1. The van der Waals surface area contributed by atoms with Crippen molar-refractivity contribution in [2.24, 2.45) is 0 Å². The maximum absolute atomic E-state index is 13.1. The lowest BCUT2D eigenvalue weighted by Gasteiger charge is -2.11. The Morgan fingerprint density at radius 3 is 2.35 bits per heavy atom. The van der Waals surface area contributed by atoms with Gasteiger partial charge in [0.25, 0.3) is 5.91 Å². The van der Waals surface area contributed by atoms with Crippen LogP contribution in [0.2, 0.25) is 5.02 Å². The Morgan fingerprint density at radius 1 is 1.20 bits per heavy atom. The van der Waals surface area contributed by atoms with E-state index < -0.39 is 11.7 Å². The van der Waals surface area contributed by atoms with Crippen LogP contribution in [0.3, 0.4) is 0 Å². The van der Waals surface area contributed by atoms with Gasteiger partial charge in [-0.3, -0.25) is 4.79 Å². The molecule has 0 spiro atoms. The van der Waals surface area contributed by atoms with Crippen molar-refractivity contribution in [3.05, 3.63) is 55.7 Å². The predicted octanol–water partition coefficient (Wildman–Crippen LogP) is 4.84. The first-order chi connectivity index (χ1) is 9.38. The molecule has 7 heteroatoms. The number of anilines is 2. The third kappa shape index (κ3) is 3.31. The van der Waals surface area contributed by atoms with Gasteiger partial charge in [0.2, 0.25) is 0 Å². The fraction of sp³-hybridized carbons (Fsp3) is 0. The Hall–Kier alpha value is -1.11. The molecule has 0 saturated heterocycles. The molecule has 2 aromatic carbocycles. The van der Waals surface area contributed by atoms with E-state index in [2.05, 4.69) is 37.2 Å². The summed E-state index contributed by atoms with van der Waals surface area (Å²) in [4.78, 5) is 12.1. The summed E-state index contributed by atoms with van der Waals surface area (Å²) in [5.41, 5.74) is 7.01. The second kappa shape index (κ2) is 6.11. The summed E-state index contributed by atoms with van der Waals surface area (Å²) < 4.78 is 14.3. The molecule has 0 aromatic heterocycles. The third-order valence-corrected chi connectivity index (χ3v) is 4.03. The molecule has 0 radical (unpaired) electrons. The summed E-state index contributed by atoms with van der Waals surface area (Å²) in [6, 6.07) is 7.10. The average Bonchev–Trinajstić information content (AvgIpc) is 2.36. The zero-order chi connectivity index (χ0) is 14.9. The van der Waals surface area contributed by atoms with E-state index in [4.69, 9.17) is 17.3 Å². The number of carbonyl (C=O) groups excluding carboxylic acids is 1. The molecule has 3 nitrogen and oxygen atoms in total. The topological polar surface area (TPSA) is 55.1 Å². The number of nitrogens with two attached hydrogens (primary N) is 1. The van der Waals surface area contributed by atoms with Crippen molar-refractivity contribution in [1.82, 2.24) is 0 Å². The van der Waals surface area contributed by atoms with E-state index in [1.165, 1.54) is 12.1 Å². The number of nitrogen functional groups attached to an aromatic ring is 1. The molecule has 0 unspecified atom stereocenters. The van der Waals surface area contributed by atoms with Crippen molar-refractivity contribution >= 4 is 60.7 Å². The van der Waals surface area contributed by atoms with Gasteiger partial charge in [0, 0.05) is 20.2 Å². The molecule has 0 atom stereocenters. The summed E-state index contributed by atoms with van der Waals surface area (Å²) >= 11 is 12.3. The molecule has 0 aliphatic heterocycles. The number of hydrogen-bond acceptors (Lipinski definition) is 2. The van der Waals surface area contributed by atoms with E-state index >= 15 is 0 Å². The van der Waals surface area contributed by atoms with Crippen LogP contribution in [-0.4, -0.2) is 5.91 Å². The number of nitrogens with one attached hydrogen (secondary N) is 1. The molecule has 1 amide bonds. The number of halogens is 4. The highest BCUT2D eigenvalue weighted by Crippen LogP contribution is 2.33. The minimum absolute atomic E-state index is 0.104. The first-order valence-corrected chi connectivity index (χ1v) is 7.36. The van der Waals surface area contributed by atoms with Crippen LogP contribution in [0.1, 0.15) is 10.4 Å². The van der Waals surface area contributed by atoms with E-state index in [0.717, 1.165) is 6.07 Å². The Kier molecular flexibility index (Phi) is 4.67. The van der Waals surface area contributed by atoms with Crippen molar-refractivity contribution in [2.45, 2.75) is 0 Å². The fourth-order valence-corrected chi connectivity index (χ4v) is 3.14.